The molecule has 9 heterocycles. The minimum atomic E-state index is -1.15. The highest BCUT2D eigenvalue weighted by molar-refractivity contribution is 6.76. The number of benzene rings is 3. The molecule has 468 valence electrons. The summed E-state index contributed by atoms with van der Waals surface area (Å²) in [5.74, 6) is 4.50. The van der Waals surface area contributed by atoms with E-state index in [-0.39, 0.29) is 25.6 Å². The Hall–Kier alpha value is -7.33. The van der Waals surface area contributed by atoms with Gasteiger partial charge in [-0.15, -0.1) is 0 Å². The van der Waals surface area contributed by atoms with Crippen LogP contribution in [0.5, 0.6) is 17.2 Å². The number of morpholine rings is 3. The minimum Gasteiger partial charge on any atom is -0.508 e. The molecular formula is C65H85N11O10Si2. The third-order valence-electron chi connectivity index (χ3n) is 15.4. The smallest absolute Gasteiger partial charge is 0.140 e. The van der Waals surface area contributed by atoms with Crippen LogP contribution in [-0.2, 0) is 43.7 Å². The first-order valence-electron chi connectivity index (χ1n) is 30.6. The molecule has 3 fully saturated rings. The van der Waals surface area contributed by atoms with Gasteiger partial charge in [0.05, 0.1) is 76.1 Å². The number of rotatable bonds is 22. The van der Waals surface area contributed by atoms with Gasteiger partial charge in [-0.2, -0.15) is 10.2 Å². The molecule has 0 radical (unpaired) electrons. The van der Waals surface area contributed by atoms with E-state index >= 15 is 0 Å². The van der Waals surface area contributed by atoms with Crippen LogP contribution in [0.4, 0.5) is 17.5 Å². The fraction of sp³-hybridized carbons (Fsp3) is 0.446. The molecule has 88 heavy (non-hydrogen) atoms. The van der Waals surface area contributed by atoms with Crippen LogP contribution in [0.2, 0.25) is 51.4 Å². The molecule has 3 N–H and O–H groups in total. The number of hydrogen-bond acceptors (Lipinski definition) is 19. The molecular weight excluding hydrogens is 1150 g/mol. The Labute approximate surface area is 517 Å². The molecule has 3 aromatic carbocycles. The van der Waals surface area contributed by atoms with E-state index in [2.05, 4.69) is 87.1 Å². The molecule has 8 aromatic rings. The van der Waals surface area contributed by atoms with Gasteiger partial charge in [0, 0.05) is 120 Å². The molecule has 12 rings (SSSR count). The van der Waals surface area contributed by atoms with E-state index in [1.54, 1.807) is 12.1 Å². The van der Waals surface area contributed by atoms with Crippen molar-refractivity contribution in [2.75, 3.05) is 133 Å². The van der Waals surface area contributed by atoms with Gasteiger partial charge in [0.15, 0.2) is 0 Å². The highest BCUT2D eigenvalue weighted by Crippen LogP contribution is 2.35. The molecule has 0 bridgehead atoms. The van der Waals surface area contributed by atoms with Gasteiger partial charge in [0.25, 0.3) is 0 Å². The van der Waals surface area contributed by atoms with Crippen molar-refractivity contribution >= 4 is 61.1 Å². The van der Waals surface area contributed by atoms with Gasteiger partial charge in [-0.1, -0.05) is 45.3 Å². The van der Waals surface area contributed by atoms with E-state index in [1.807, 2.05) is 88.6 Å². The maximum Gasteiger partial charge on any atom is 0.140 e. The first kappa shape index (κ1) is 63.7. The van der Waals surface area contributed by atoms with Crippen LogP contribution in [0.25, 0.3) is 44.3 Å². The zero-order valence-electron chi connectivity index (χ0n) is 51.8. The molecule has 0 amide bonds. The lowest BCUT2D eigenvalue weighted by atomic mass is 10.0. The van der Waals surface area contributed by atoms with Crippen molar-refractivity contribution in [3.63, 3.8) is 0 Å². The molecule has 0 spiro atoms. The van der Waals surface area contributed by atoms with Crippen LogP contribution in [0.3, 0.4) is 0 Å². The van der Waals surface area contributed by atoms with Gasteiger partial charge in [0.1, 0.15) is 72.8 Å². The first-order chi connectivity index (χ1) is 42.7. The summed E-state index contributed by atoms with van der Waals surface area (Å²) in [5, 5.41) is 39.8. The molecule has 0 aliphatic carbocycles. The van der Waals surface area contributed by atoms with Crippen molar-refractivity contribution in [2.45, 2.75) is 71.4 Å². The standard InChI is InChI=1S/C24H34N4O4Si.C22H30N4O3Si.C19H21N3O3/c1-33(2,3)15-14-31-18-28-22-5-4-20(32-13-10-29)17-21(22)24(26-28)19-6-7-25-23(16-19)27-8-11-30-12-9-27;1-30(2,3)13-12-29-16-26-20-5-4-18(27)15-19(20)22(24-26)17-6-7-23-21(14-17)25-8-10-28-11-9-25;23-7-10-25-16-2-1-15-13-21-19(17(15)12-16)14-3-4-20-18(11-14)22-5-8-24-9-6-22/h4-7,16-17,29H,8-15,18H2,1-3H3;4-7,14-15,27H,8-13,16H2,1-3H3;1-4,11-12,23H,5-10,13H2. The van der Waals surface area contributed by atoms with Crippen LogP contribution in [0.15, 0.2) is 115 Å². The molecule has 23 heteroatoms. The van der Waals surface area contributed by atoms with E-state index in [0.29, 0.717) is 58.8 Å². The van der Waals surface area contributed by atoms with Crippen LogP contribution in [-0.4, -0.2) is 190 Å². The number of nitrogens with zero attached hydrogens (tertiary/aromatic N) is 11. The second kappa shape index (κ2) is 30.3. The van der Waals surface area contributed by atoms with Crippen molar-refractivity contribution in [3.05, 3.63) is 126 Å². The van der Waals surface area contributed by atoms with Crippen molar-refractivity contribution in [3.8, 4) is 39.8 Å². The molecule has 3 saturated heterocycles. The molecule has 0 saturated carbocycles. The first-order valence-corrected chi connectivity index (χ1v) is 38.0. The molecule has 21 nitrogen and oxygen atoms in total. The number of ether oxygens (including phenoxy) is 7. The number of phenols is 1. The van der Waals surface area contributed by atoms with E-state index in [9.17, 15) is 5.11 Å². The Kier molecular flexibility index (Phi) is 21.9. The zero-order chi connectivity index (χ0) is 61.5. The van der Waals surface area contributed by atoms with Gasteiger partial charge in [-0.3, -0.25) is 4.99 Å². The number of aliphatic hydroxyl groups is 2. The van der Waals surface area contributed by atoms with E-state index in [1.165, 1.54) is 5.56 Å². The lowest BCUT2D eigenvalue weighted by Crippen LogP contribution is -2.36. The normalized spacial score (nSPS) is 15.4. The topological polar surface area (TPSA) is 222 Å². The maximum atomic E-state index is 10.1. The van der Waals surface area contributed by atoms with Gasteiger partial charge >= 0.3 is 0 Å². The number of hydrogen-bond donors (Lipinski definition) is 3. The van der Waals surface area contributed by atoms with Gasteiger partial charge < -0.3 is 63.2 Å². The highest BCUT2D eigenvalue weighted by Gasteiger charge is 2.23. The Morgan fingerprint density at radius 1 is 0.489 bits per heavy atom. The third kappa shape index (κ3) is 17.1. The van der Waals surface area contributed by atoms with Crippen LogP contribution in [0, 0.1) is 0 Å². The number of anilines is 3. The minimum absolute atomic E-state index is 0.00525. The molecule has 0 atom stereocenters. The summed E-state index contributed by atoms with van der Waals surface area (Å²) in [6, 6.07) is 31.7. The van der Waals surface area contributed by atoms with Gasteiger partial charge in [-0.05, 0) is 103 Å². The lowest BCUT2D eigenvalue weighted by molar-refractivity contribution is 0.0818. The second-order valence-electron chi connectivity index (χ2n) is 24.4. The van der Waals surface area contributed by atoms with Crippen molar-refractivity contribution < 1.29 is 48.5 Å². The number of aromatic nitrogens is 7. The van der Waals surface area contributed by atoms with E-state index in [0.717, 1.165) is 162 Å². The summed E-state index contributed by atoms with van der Waals surface area (Å²) < 4.78 is 43.3. The van der Waals surface area contributed by atoms with Crippen molar-refractivity contribution in [2.24, 2.45) is 4.99 Å². The number of pyridine rings is 3. The fourth-order valence-electron chi connectivity index (χ4n) is 10.5. The van der Waals surface area contributed by atoms with E-state index in [4.69, 9.17) is 58.6 Å². The average Bonchev–Trinajstić information content (AvgIpc) is 1.76. The predicted molar refractivity (Wildman–Crippen MR) is 350 cm³/mol. The van der Waals surface area contributed by atoms with Gasteiger partial charge in [0.2, 0.25) is 0 Å². The quantitative estimate of drug-likeness (QED) is 0.0425. The monoisotopic (exact) mass is 1240 g/mol. The molecule has 4 aliphatic rings. The second-order valence-corrected chi connectivity index (χ2v) is 35.6. The summed E-state index contributed by atoms with van der Waals surface area (Å²) >= 11 is 0. The van der Waals surface area contributed by atoms with Crippen LogP contribution >= 0.6 is 0 Å². The Morgan fingerprint density at radius 2 is 0.920 bits per heavy atom. The Morgan fingerprint density at radius 3 is 1.40 bits per heavy atom. The molecule has 5 aromatic heterocycles. The highest BCUT2D eigenvalue weighted by atomic mass is 28.3. The summed E-state index contributed by atoms with van der Waals surface area (Å²) in [6.45, 7) is 26.9. The summed E-state index contributed by atoms with van der Waals surface area (Å²) in [4.78, 5) is 25.1. The lowest BCUT2D eigenvalue weighted by Gasteiger charge is -2.28. The van der Waals surface area contributed by atoms with Crippen molar-refractivity contribution in [1.29, 1.82) is 0 Å². The molecule has 0 unspecified atom stereocenters. The SMILES string of the molecule is C[Si](C)(C)CCOCn1nc(-c2ccnc(N3CCOCC3)c2)c2cc(O)ccc21.C[Si](C)(C)CCOCn1nc(-c2ccnc(N3CCOCC3)c2)c2cc(OCCO)ccc21.OCCOc1ccc2c(c1)C(c1ccnc(N3CCOCC3)c1)=NC2. The maximum absolute atomic E-state index is 10.1. The number of aliphatic imine (C=N–C) groups is 1. The largest absolute Gasteiger partial charge is 0.508 e. The number of fused-ring (bicyclic) bond motifs is 3. The van der Waals surface area contributed by atoms with E-state index < -0.39 is 16.1 Å². The fourth-order valence-corrected chi connectivity index (χ4v) is 12.0. The summed E-state index contributed by atoms with van der Waals surface area (Å²) in [7, 11) is -2.29. The van der Waals surface area contributed by atoms with Crippen LogP contribution < -0.4 is 24.2 Å². The number of phenolic OH excluding ortho intramolecular Hbond substituents is 1. The molecule has 4 aliphatic heterocycles. The average molecular weight is 1240 g/mol. The van der Waals surface area contributed by atoms with Crippen molar-refractivity contribution in [1.82, 2.24) is 34.5 Å². The number of aliphatic hydroxyl groups excluding tert-OH is 2. The Bertz CT molecular complexity index is 3590. The number of aromatic hydroxyl groups is 1. The summed E-state index contributed by atoms with van der Waals surface area (Å²) in [6.07, 6.45) is 5.49. The third-order valence-corrected chi connectivity index (χ3v) is 18.8. The van der Waals surface area contributed by atoms with Gasteiger partial charge in [-0.25, -0.2) is 24.3 Å². The summed E-state index contributed by atoms with van der Waals surface area (Å²) in [5.41, 5.74) is 9.91. The van der Waals surface area contributed by atoms with Crippen LogP contribution in [0.1, 0.15) is 16.7 Å². The predicted octanol–water partition coefficient (Wildman–Crippen LogP) is 9.21. The Balaban J connectivity index is 0.000000147. The zero-order valence-corrected chi connectivity index (χ0v) is 53.8.